The van der Waals surface area contributed by atoms with Gasteiger partial charge in [0.05, 0.1) is 17.0 Å². The first-order valence-corrected chi connectivity index (χ1v) is 6.42. The van der Waals surface area contributed by atoms with E-state index < -0.39 is 5.60 Å². The molecule has 1 heterocycles. The lowest BCUT2D eigenvalue weighted by molar-refractivity contribution is 0.0246. The van der Waals surface area contributed by atoms with Crippen LogP contribution in [0.1, 0.15) is 31.7 Å². The SMILES string of the molecule is CCc1cc(CNCC(C)(O)CCOC)n(C)n1. The molecule has 0 saturated heterocycles. The first kappa shape index (κ1) is 15.1. The van der Waals surface area contributed by atoms with Crippen molar-refractivity contribution in [2.75, 3.05) is 20.3 Å². The molecule has 1 unspecified atom stereocenters. The van der Waals surface area contributed by atoms with Crippen molar-refractivity contribution < 1.29 is 9.84 Å². The predicted molar refractivity (Wildman–Crippen MR) is 71.4 cm³/mol. The highest BCUT2D eigenvalue weighted by atomic mass is 16.5. The Labute approximate surface area is 109 Å². The molecule has 0 bridgehead atoms. The van der Waals surface area contributed by atoms with E-state index in [2.05, 4.69) is 23.4 Å². The topological polar surface area (TPSA) is 59.3 Å². The van der Waals surface area contributed by atoms with Gasteiger partial charge in [-0.05, 0) is 19.4 Å². The van der Waals surface area contributed by atoms with Gasteiger partial charge in [0.1, 0.15) is 0 Å². The highest BCUT2D eigenvalue weighted by molar-refractivity contribution is 5.09. The summed E-state index contributed by atoms with van der Waals surface area (Å²) < 4.78 is 6.86. The van der Waals surface area contributed by atoms with Crippen LogP contribution in [0.15, 0.2) is 6.07 Å². The fourth-order valence-electron chi connectivity index (χ4n) is 1.78. The fraction of sp³-hybridized carbons (Fsp3) is 0.769. The quantitative estimate of drug-likeness (QED) is 0.723. The van der Waals surface area contributed by atoms with E-state index in [1.165, 1.54) is 0 Å². The Bertz CT molecular complexity index is 361. The summed E-state index contributed by atoms with van der Waals surface area (Å²) in [7, 11) is 3.59. The van der Waals surface area contributed by atoms with Gasteiger partial charge in [-0.2, -0.15) is 5.10 Å². The van der Waals surface area contributed by atoms with Crippen molar-refractivity contribution in [1.82, 2.24) is 15.1 Å². The molecule has 1 atom stereocenters. The van der Waals surface area contributed by atoms with Crippen LogP contribution in [0.25, 0.3) is 0 Å². The first-order chi connectivity index (χ1) is 8.48. The van der Waals surface area contributed by atoms with E-state index in [9.17, 15) is 5.11 Å². The van der Waals surface area contributed by atoms with Gasteiger partial charge in [-0.15, -0.1) is 0 Å². The maximum absolute atomic E-state index is 10.1. The third kappa shape index (κ3) is 4.76. The summed E-state index contributed by atoms with van der Waals surface area (Å²) in [6.07, 6.45) is 1.57. The van der Waals surface area contributed by atoms with Gasteiger partial charge in [-0.1, -0.05) is 6.92 Å². The molecule has 0 radical (unpaired) electrons. The van der Waals surface area contributed by atoms with Gasteiger partial charge < -0.3 is 15.2 Å². The number of aliphatic hydroxyl groups is 1. The minimum Gasteiger partial charge on any atom is -0.389 e. The molecule has 0 fully saturated rings. The van der Waals surface area contributed by atoms with Gasteiger partial charge in [0.15, 0.2) is 0 Å². The third-order valence-corrected chi connectivity index (χ3v) is 3.05. The zero-order valence-corrected chi connectivity index (χ0v) is 11.9. The molecule has 2 N–H and O–H groups in total. The molecular formula is C13H25N3O2. The second-order valence-electron chi connectivity index (χ2n) is 4.95. The van der Waals surface area contributed by atoms with Crippen molar-refractivity contribution >= 4 is 0 Å². The van der Waals surface area contributed by atoms with Crippen molar-refractivity contribution in [2.24, 2.45) is 7.05 Å². The molecule has 0 amide bonds. The Kier molecular flexibility index (Phi) is 5.78. The molecule has 5 nitrogen and oxygen atoms in total. The number of ether oxygens (including phenoxy) is 1. The lowest BCUT2D eigenvalue weighted by Crippen LogP contribution is -2.38. The summed E-state index contributed by atoms with van der Waals surface area (Å²) >= 11 is 0. The predicted octanol–water partition coefficient (Wildman–Crippen LogP) is 0.860. The molecule has 1 aromatic heterocycles. The van der Waals surface area contributed by atoms with Gasteiger partial charge in [0.2, 0.25) is 0 Å². The van der Waals surface area contributed by atoms with Crippen molar-refractivity contribution in [3.8, 4) is 0 Å². The third-order valence-electron chi connectivity index (χ3n) is 3.05. The van der Waals surface area contributed by atoms with Crippen molar-refractivity contribution in [1.29, 1.82) is 0 Å². The monoisotopic (exact) mass is 255 g/mol. The molecule has 5 heteroatoms. The summed E-state index contributed by atoms with van der Waals surface area (Å²) in [6, 6.07) is 2.09. The lowest BCUT2D eigenvalue weighted by Gasteiger charge is -2.23. The zero-order chi connectivity index (χ0) is 13.6. The van der Waals surface area contributed by atoms with Crippen LogP contribution < -0.4 is 5.32 Å². The minimum absolute atomic E-state index is 0.545. The summed E-state index contributed by atoms with van der Waals surface area (Å²) in [5, 5.41) is 17.7. The summed E-state index contributed by atoms with van der Waals surface area (Å²) in [4.78, 5) is 0. The standard InChI is InChI=1S/C13H25N3O2/c1-5-11-8-12(16(3)15-11)9-14-10-13(2,17)6-7-18-4/h8,14,17H,5-7,9-10H2,1-4H3. The molecule has 104 valence electrons. The normalized spacial score (nSPS) is 14.7. The molecule has 0 spiro atoms. The number of rotatable bonds is 8. The number of aryl methyl sites for hydroxylation is 2. The van der Waals surface area contributed by atoms with Gasteiger partial charge in [0.25, 0.3) is 0 Å². The molecule has 0 aliphatic heterocycles. The molecule has 1 rings (SSSR count). The summed E-state index contributed by atoms with van der Waals surface area (Å²) in [6.45, 7) is 5.74. The van der Waals surface area contributed by atoms with Crippen LogP contribution in [-0.2, 0) is 24.8 Å². The van der Waals surface area contributed by atoms with E-state index in [1.807, 2.05) is 18.7 Å². The maximum atomic E-state index is 10.1. The molecule has 0 aliphatic carbocycles. The second-order valence-corrected chi connectivity index (χ2v) is 4.95. The van der Waals surface area contributed by atoms with Crippen molar-refractivity contribution in [3.63, 3.8) is 0 Å². The fourth-order valence-corrected chi connectivity index (χ4v) is 1.78. The summed E-state index contributed by atoms with van der Waals surface area (Å²) in [5.74, 6) is 0. The van der Waals surface area contributed by atoms with Crippen LogP contribution >= 0.6 is 0 Å². The molecule has 0 aliphatic rings. The van der Waals surface area contributed by atoms with Crippen LogP contribution in [0.3, 0.4) is 0 Å². The number of nitrogens with zero attached hydrogens (tertiary/aromatic N) is 2. The van der Waals surface area contributed by atoms with Crippen LogP contribution in [0.4, 0.5) is 0 Å². The minimum atomic E-state index is -0.734. The molecular weight excluding hydrogens is 230 g/mol. The highest BCUT2D eigenvalue weighted by Crippen LogP contribution is 2.09. The van der Waals surface area contributed by atoms with E-state index in [0.29, 0.717) is 26.1 Å². The van der Waals surface area contributed by atoms with Gasteiger partial charge >= 0.3 is 0 Å². The maximum Gasteiger partial charge on any atom is 0.0765 e. The first-order valence-electron chi connectivity index (χ1n) is 6.42. The van der Waals surface area contributed by atoms with E-state index in [-0.39, 0.29) is 0 Å². The van der Waals surface area contributed by atoms with E-state index in [1.54, 1.807) is 7.11 Å². The Morgan fingerprint density at radius 2 is 2.28 bits per heavy atom. The van der Waals surface area contributed by atoms with Gasteiger partial charge in [-0.25, -0.2) is 0 Å². The van der Waals surface area contributed by atoms with E-state index >= 15 is 0 Å². The zero-order valence-electron chi connectivity index (χ0n) is 11.9. The molecule has 0 saturated carbocycles. The van der Waals surface area contributed by atoms with Crippen molar-refractivity contribution in [3.05, 3.63) is 17.5 Å². The van der Waals surface area contributed by atoms with E-state index in [4.69, 9.17) is 4.74 Å². The van der Waals surface area contributed by atoms with Crippen LogP contribution in [0.5, 0.6) is 0 Å². The molecule has 18 heavy (non-hydrogen) atoms. The Balaban J connectivity index is 2.38. The van der Waals surface area contributed by atoms with Gasteiger partial charge in [0, 0.05) is 40.3 Å². The molecule has 0 aromatic carbocycles. The Morgan fingerprint density at radius 3 is 2.83 bits per heavy atom. The number of aromatic nitrogens is 2. The number of nitrogens with one attached hydrogen (secondary N) is 1. The van der Waals surface area contributed by atoms with Crippen molar-refractivity contribution in [2.45, 2.75) is 38.8 Å². The van der Waals surface area contributed by atoms with Crippen LogP contribution in [0.2, 0.25) is 0 Å². The van der Waals surface area contributed by atoms with Crippen LogP contribution in [0, 0.1) is 0 Å². The average molecular weight is 255 g/mol. The van der Waals surface area contributed by atoms with Gasteiger partial charge in [-0.3, -0.25) is 4.68 Å². The average Bonchev–Trinajstić information content (AvgIpc) is 2.68. The van der Waals surface area contributed by atoms with E-state index in [0.717, 1.165) is 17.8 Å². The molecule has 1 aromatic rings. The second kappa shape index (κ2) is 6.87. The lowest BCUT2D eigenvalue weighted by atomic mass is 10.0. The number of hydrogen-bond donors (Lipinski definition) is 2. The number of hydrogen-bond acceptors (Lipinski definition) is 4. The number of methoxy groups -OCH3 is 1. The smallest absolute Gasteiger partial charge is 0.0765 e. The Hall–Kier alpha value is -0.910. The summed E-state index contributed by atoms with van der Waals surface area (Å²) in [5.41, 5.74) is 1.50. The highest BCUT2D eigenvalue weighted by Gasteiger charge is 2.19. The largest absolute Gasteiger partial charge is 0.389 e. The Morgan fingerprint density at radius 1 is 1.56 bits per heavy atom. The van der Waals surface area contributed by atoms with Crippen LogP contribution in [-0.4, -0.2) is 40.7 Å².